The second-order valence-electron chi connectivity index (χ2n) is 3.77. The fourth-order valence-corrected chi connectivity index (χ4v) is 1.33. The van der Waals surface area contributed by atoms with Gasteiger partial charge in [0.2, 0.25) is 5.91 Å². The van der Waals surface area contributed by atoms with Gasteiger partial charge in [-0.2, -0.15) is 0 Å². The average molecular weight is 235 g/mol. The minimum Gasteiger partial charge on any atom is -0.494 e. The van der Waals surface area contributed by atoms with E-state index in [9.17, 15) is 9.59 Å². The van der Waals surface area contributed by atoms with Crippen LogP contribution in [0.5, 0.6) is 5.75 Å². The molecule has 0 radical (unpaired) electrons. The van der Waals surface area contributed by atoms with Gasteiger partial charge in [0.15, 0.2) is 5.78 Å². The standard InChI is InChI=1S/C13H17NO3/c1-10(15)12-5-3-6-13(9-12)17-8-4-7-14-11(2)16/h3,5-6,9H,4,7-8H2,1-2H3,(H,14,16). The monoisotopic (exact) mass is 235 g/mol. The van der Waals surface area contributed by atoms with Gasteiger partial charge in [-0.1, -0.05) is 12.1 Å². The van der Waals surface area contributed by atoms with Crippen molar-refractivity contribution in [1.82, 2.24) is 5.32 Å². The maximum Gasteiger partial charge on any atom is 0.216 e. The first-order chi connectivity index (χ1) is 8.09. The third-order valence-electron chi connectivity index (χ3n) is 2.20. The predicted molar refractivity (Wildman–Crippen MR) is 65.2 cm³/mol. The van der Waals surface area contributed by atoms with Gasteiger partial charge in [-0.25, -0.2) is 0 Å². The number of carbonyl (C=O) groups excluding carboxylic acids is 2. The maximum absolute atomic E-state index is 11.1. The minimum atomic E-state index is -0.0384. The van der Waals surface area contributed by atoms with E-state index in [-0.39, 0.29) is 11.7 Å². The van der Waals surface area contributed by atoms with Crippen molar-refractivity contribution in [3.05, 3.63) is 29.8 Å². The highest BCUT2D eigenvalue weighted by atomic mass is 16.5. The molecule has 0 atom stereocenters. The van der Waals surface area contributed by atoms with Gasteiger partial charge in [0.1, 0.15) is 5.75 Å². The van der Waals surface area contributed by atoms with Gasteiger partial charge in [-0.15, -0.1) is 0 Å². The fourth-order valence-electron chi connectivity index (χ4n) is 1.33. The van der Waals surface area contributed by atoms with Crippen molar-refractivity contribution in [3.8, 4) is 5.75 Å². The zero-order valence-corrected chi connectivity index (χ0v) is 10.2. The molecule has 0 bridgehead atoms. The summed E-state index contributed by atoms with van der Waals surface area (Å²) in [6.45, 7) is 4.12. The van der Waals surface area contributed by atoms with Crippen molar-refractivity contribution in [2.24, 2.45) is 0 Å². The summed E-state index contributed by atoms with van der Waals surface area (Å²) in [5, 5.41) is 2.69. The third kappa shape index (κ3) is 5.15. The van der Waals surface area contributed by atoms with Crippen LogP contribution in [0.15, 0.2) is 24.3 Å². The van der Waals surface area contributed by atoms with Crippen LogP contribution in [0.2, 0.25) is 0 Å². The van der Waals surface area contributed by atoms with Crippen molar-refractivity contribution in [2.45, 2.75) is 20.3 Å². The molecular formula is C13H17NO3. The van der Waals surface area contributed by atoms with Gasteiger partial charge in [0, 0.05) is 19.0 Å². The van der Waals surface area contributed by atoms with Crippen molar-refractivity contribution in [3.63, 3.8) is 0 Å². The minimum absolute atomic E-state index is 0.0219. The Bertz CT molecular complexity index is 401. The van der Waals surface area contributed by atoms with Crippen molar-refractivity contribution >= 4 is 11.7 Å². The lowest BCUT2D eigenvalue weighted by atomic mass is 10.1. The van der Waals surface area contributed by atoms with E-state index >= 15 is 0 Å². The molecule has 0 spiro atoms. The molecule has 92 valence electrons. The first-order valence-corrected chi connectivity index (χ1v) is 5.58. The Kier molecular flexibility index (Phi) is 5.20. The smallest absolute Gasteiger partial charge is 0.216 e. The lowest BCUT2D eigenvalue weighted by Crippen LogP contribution is -2.22. The molecule has 1 aromatic rings. The maximum atomic E-state index is 11.1. The van der Waals surface area contributed by atoms with Crippen LogP contribution in [-0.4, -0.2) is 24.8 Å². The molecule has 4 heteroatoms. The van der Waals surface area contributed by atoms with Crippen LogP contribution in [-0.2, 0) is 4.79 Å². The Morgan fingerprint density at radius 3 is 2.71 bits per heavy atom. The number of rotatable bonds is 6. The van der Waals surface area contributed by atoms with E-state index in [2.05, 4.69) is 5.32 Å². The van der Waals surface area contributed by atoms with E-state index in [1.165, 1.54) is 13.8 Å². The van der Waals surface area contributed by atoms with Gasteiger partial charge in [0.05, 0.1) is 6.61 Å². The number of amides is 1. The number of nitrogens with one attached hydrogen (secondary N) is 1. The highest BCUT2D eigenvalue weighted by Crippen LogP contribution is 2.13. The Balaban J connectivity index is 2.34. The van der Waals surface area contributed by atoms with E-state index in [0.717, 1.165) is 6.42 Å². The number of benzene rings is 1. The Morgan fingerprint density at radius 2 is 2.06 bits per heavy atom. The molecule has 1 amide bonds. The number of hydrogen-bond acceptors (Lipinski definition) is 3. The van der Waals surface area contributed by atoms with Crippen LogP contribution in [0.3, 0.4) is 0 Å². The molecule has 0 aliphatic heterocycles. The van der Waals surface area contributed by atoms with Crippen LogP contribution in [0.4, 0.5) is 0 Å². The average Bonchev–Trinajstić information content (AvgIpc) is 2.28. The number of carbonyl (C=O) groups is 2. The van der Waals surface area contributed by atoms with Gasteiger partial charge < -0.3 is 10.1 Å². The van der Waals surface area contributed by atoms with E-state index in [1.807, 2.05) is 6.07 Å². The van der Waals surface area contributed by atoms with Crippen molar-refractivity contribution in [1.29, 1.82) is 0 Å². The van der Waals surface area contributed by atoms with E-state index in [1.54, 1.807) is 18.2 Å². The molecule has 1 rings (SSSR count). The van der Waals surface area contributed by atoms with Crippen molar-refractivity contribution in [2.75, 3.05) is 13.2 Å². The van der Waals surface area contributed by atoms with Gasteiger partial charge in [0.25, 0.3) is 0 Å². The second kappa shape index (κ2) is 6.68. The number of ketones is 1. The fraction of sp³-hybridized carbons (Fsp3) is 0.385. The molecule has 17 heavy (non-hydrogen) atoms. The molecule has 0 saturated carbocycles. The summed E-state index contributed by atoms with van der Waals surface area (Å²) in [5.41, 5.74) is 0.643. The van der Waals surface area contributed by atoms with Crippen LogP contribution >= 0.6 is 0 Å². The molecule has 4 nitrogen and oxygen atoms in total. The summed E-state index contributed by atoms with van der Waals surface area (Å²) in [6, 6.07) is 7.08. The van der Waals surface area contributed by atoms with Crippen molar-refractivity contribution < 1.29 is 14.3 Å². The summed E-state index contributed by atoms with van der Waals surface area (Å²) in [7, 11) is 0. The third-order valence-corrected chi connectivity index (χ3v) is 2.20. The predicted octanol–water partition coefficient (Wildman–Crippen LogP) is 1.79. The molecule has 0 aliphatic rings. The molecule has 0 unspecified atom stereocenters. The quantitative estimate of drug-likeness (QED) is 0.604. The number of ether oxygens (including phenoxy) is 1. The largest absolute Gasteiger partial charge is 0.494 e. The Hall–Kier alpha value is -1.84. The molecule has 1 N–H and O–H groups in total. The van der Waals surface area contributed by atoms with Gasteiger partial charge in [-0.05, 0) is 25.5 Å². The Labute approximate surface area is 101 Å². The summed E-state index contributed by atoms with van der Waals surface area (Å²) in [6.07, 6.45) is 0.740. The summed E-state index contributed by atoms with van der Waals surface area (Å²) >= 11 is 0. The summed E-state index contributed by atoms with van der Waals surface area (Å²) in [4.78, 5) is 21.8. The molecule has 0 aromatic heterocycles. The van der Waals surface area contributed by atoms with Gasteiger partial charge >= 0.3 is 0 Å². The van der Waals surface area contributed by atoms with E-state index < -0.39 is 0 Å². The normalized spacial score (nSPS) is 9.76. The summed E-state index contributed by atoms with van der Waals surface area (Å²) in [5.74, 6) is 0.665. The lowest BCUT2D eigenvalue weighted by Gasteiger charge is -2.07. The molecule has 1 aromatic carbocycles. The first kappa shape index (κ1) is 13.2. The van der Waals surface area contributed by atoms with Crippen LogP contribution in [0.1, 0.15) is 30.6 Å². The molecule has 0 heterocycles. The summed E-state index contributed by atoms with van der Waals surface area (Å²) < 4.78 is 5.48. The molecule has 0 saturated heterocycles. The molecular weight excluding hydrogens is 218 g/mol. The topological polar surface area (TPSA) is 55.4 Å². The zero-order chi connectivity index (χ0) is 12.7. The van der Waals surface area contributed by atoms with Crippen LogP contribution < -0.4 is 10.1 Å². The highest BCUT2D eigenvalue weighted by molar-refractivity contribution is 5.94. The SMILES string of the molecule is CC(=O)NCCCOc1cccc(C(C)=O)c1. The second-order valence-corrected chi connectivity index (χ2v) is 3.77. The number of Topliss-reactive ketones (excluding diaryl/α,β-unsaturated/α-hetero) is 1. The van der Waals surface area contributed by atoms with Crippen LogP contribution in [0.25, 0.3) is 0 Å². The first-order valence-electron chi connectivity index (χ1n) is 5.58. The highest BCUT2D eigenvalue weighted by Gasteiger charge is 2.00. The molecule has 0 aliphatic carbocycles. The Morgan fingerprint density at radius 1 is 1.29 bits per heavy atom. The molecule has 0 fully saturated rings. The van der Waals surface area contributed by atoms with E-state index in [4.69, 9.17) is 4.74 Å². The van der Waals surface area contributed by atoms with E-state index in [0.29, 0.717) is 24.5 Å². The van der Waals surface area contributed by atoms with Gasteiger partial charge in [-0.3, -0.25) is 9.59 Å². The zero-order valence-electron chi connectivity index (χ0n) is 10.2. The lowest BCUT2D eigenvalue weighted by molar-refractivity contribution is -0.118. The number of hydrogen-bond donors (Lipinski definition) is 1. The van der Waals surface area contributed by atoms with Crippen LogP contribution in [0, 0.1) is 0 Å².